The fourth-order valence-electron chi connectivity index (χ4n) is 1.96. The number of carbonyl (C=O) groups excluding carboxylic acids is 2. The number of hydrazine groups is 1. The Bertz CT molecular complexity index is 786. The number of ether oxygens (including phenoxy) is 1. The molecule has 0 radical (unpaired) electrons. The summed E-state index contributed by atoms with van der Waals surface area (Å²) in [6.45, 7) is 3.65. The zero-order valence-electron chi connectivity index (χ0n) is 14.0. The lowest BCUT2D eigenvalue weighted by Crippen LogP contribution is -2.43. The van der Waals surface area contributed by atoms with E-state index in [1.165, 1.54) is 6.08 Å². The SMILES string of the molecule is Cc1ccc(C)c(OCC(=O)NNC(=O)/C=C/c2ccc(Cl)cc2)c1. The van der Waals surface area contributed by atoms with Crippen molar-refractivity contribution in [2.75, 3.05) is 6.61 Å². The van der Waals surface area contributed by atoms with E-state index in [1.807, 2.05) is 32.0 Å². The number of aryl methyl sites for hydroxylation is 2. The second kappa shape index (κ2) is 8.89. The van der Waals surface area contributed by atoms with Crippen LogP contribution >= 0.6 is 11.6 Å². The smallest absolute Gasteiger partial charge is 0.276 e. The Labute approximate surface area is 151 Å². The first-order valence-electron chi connectivity index (χ1n) is 7.66. The number of benzene rings is 2. The molecule has 0 spiro atoms. The quantitative estimate of drug-likeness (QED) is 0.637. The molecule has 2 aromatic carbocycles. The summed E-state index contributed by atoms with van der Waals surface area (Å²) < 4.78 is 5.46. The summed E-state index contributed by atoms with van der Waals surface area (Å²) in [5.74, 6) is -0.256. The number of carbonyl (C=O) groups is 2. The van der Waals surface area contributed by atoms with Crippen LogP contribution in [0.4, 0.5) is 0 Å². The Morgan fingerprint density at radius 2 is 1.80 bits per heavy atom. The minimum Gasteiger partial charge on any atom is -0.483 e. The van der Waals surface area contributed by atoms with E-state index in [4.69, 9.17) is 16.3 Å². The van der Waals surface area contributed by atoms with E-state index >= 15 is 0 Å². The van der Waals surface area contributed by atoms with Gasteiger partial charge >= 0.3 is 0 Å². The summed E-state index contributed by atoms with van der Waals surface area (Å²) in [5.41, 5.74) is 7.40. The molecule has 0 aliphatic heterocycles. The average Bonchev–Trinajstić information content (AvgIpc) is 2.60. The molecule has 2 amide bonds. The van der Waals surface area contributed by atoms with Crippen molar-refractivity contribution in [1.29, 1.82) is 0 Å². The van der Waals surface area contributed by atoms with Gasteiger partial charge in [0.15, 0.2) is 6.61 Å². The Kier molecular flexibility index (Phi) is 6.60. The van der Waals surface area contributed by atoms with Gasteiger partial charge in [0.05, 0.1) is 0 Å². The molecule has 0 fully saturated rings. The maximum atomic E-state index is 11.7. The van der Waals surface area contributed by atoms with Crippen molar-refractivity contribution in [2.24, 2.45) is 0 Å². The Hall–Kier alpha value is -2.79. The van der Waals surface area contributed by atoms with E-state index in [-0.39, 0.29) is 6.61 Å². The van der Waals surface area contributed by atoms with Gasteiger partial charge in [-0.05, 0) is 54.8 Å². The van der Waals surface area contributed by atoms with Gasteiger partial charge in [0, 0.05) is 11.1 Å². The summed E-state index contributed by atoms with van der Waals surface area (Å²) in [7, 11) is 0. The molecular formula is C19H19ClN2O3. The lowest BCUT2D eigenvalue weighted by molar-refractivity contribution is -0.128. The minimum absolute atomic E-state index is 0.189. The van der Waals surface area contributed by atoms with Crippen molar-refractivity contribution in [1.82, 2.24) is 10.9 Å². The van der Waals surface area contributed by atoms with Gasteiger partial charge < -0.3 is 4.74 Å². The summed E-state index contributed by atoms with van der Waals surface area (Å²) in [6.07, 6.45) is 2.93. The molecular weight excluding hydrogens is 340 g/mol. The van der Waals surface area contributed by atoms with Gasteiger partial charge in [0.25, 0.3) is 11.8 Å². The first-order valence-corrected chi connectivity index (χ1v) is 8.04. The van der Waals surface area contributed by atoms with Gasteiger partial charge in [-0.15, -0.1) is 0 Å². The highest BCUT2D eigenvalue weighted by Crippen LogP contribution is 2.18. The Morgan fingerprint density at radius 1 is 1.08 bits per heavy atom. The summed E-state index contributed by atoms with van der Waals surface area (Å²) >= 11 is 5.79. The van der Waals surface area contributed by atoms with Gasteiger partial charge in [-0.3, -0.25) is 20.4 Å². The predicted octanol–water partition coefficient (Wildman–Crippen LogP) is 3.20. The highest BCUT2D eigenvalue weighted by molar-refractivity contribution is 6.30. The monoisotopic (exact) mass is 358 g/mol. The van der Waals surface area contributed by atoms with E-state index in [0.717, 1.165) is 16.7 Å². The van der Waals surface area contributed by atoms with Crippen LogP contribution in [0.3, 0.4) is 0 Å². The minimum atomic E-state index is -0.450. The third kappa shape index (κ3) is 6.31. The summed E-state index contributed by atoms with van der Waals surface area (Å²) in [4.78, 5) is 23.4. The third-order valence-electron chi connectivity index (χ3n) is 3.32. The lowest BCUT2D eigenvalue weighted by atomic mass is 10.1. The zero-order valence-corrected chi connectivity index (χ0v) is 14.8. The molecule has 130 valence electrons. The topological polar surface area (TPSA) is 67.4 Å². The zero-order chi connectivity index (χ0) is 18.2. The summed E-state index contributed by atoms with van der Waals surface area (Å²) in [6, 6.07) is 12.8. The molecule has 0 heterocycles. The van der Waals surface area contributed by atoms with E-state index in [1.54, 1.807) is 30.3 Å². The molecule has 0 saturated heterocycles. The van der Waals surface area contributed by atoms with Crippen LogP contribution in [0.5, 0.6) is 5.75 Å². The second-order valence-electron chi connectivity index (χ2n) is 5.48. The van der Waals surface area contributed by atoms with Crippen molar-refractivity contribution >= 4 is 29.5 Å². The number of hydrogen-bond acceptors (Lipinski definition) is 3. The van der Waals surface area contributed by atoms with E-state index < -0.39 is 11.8 Å². The van der Waals surface area contributed by atoms with Crippen LogP contribution in [-0.2, 0) is 9.59 Å². The van der Waals surface area contributed by atoms with Crippen molar-refractivity contribution in [3.8, 4) is 5.75 Å². The Morgan fingerprint density at radius 3 is 2.52 bits per heavy atom. The molecule has 6 heteroatoms. The average molecular weight is 359 g/mol. The molecule has 25 heavy (non-hydrogen) atoms. The summed E-state index contributed by atoms with van der Waals surface area (Å²) in [5, 5.41) is 0.623. The highest BCUT2D eigenvalue weighted by atomic mass is 35.5. The molecule has 0 saturated carbocycles. The third-order valence-corrected chi connectivity index (χ3v) is 3.58. The van der Waals surface area contributed by atoms with Crippen LogP contribution in [0.2, 0.25) is 5.02 Å². The second-order valence-corrected chi connectivity index (χ2v) is 5.92. The standard InChI is InChI=1S/C19H19ClN2O3/c1-13-3-4-14(2)17(11-13)25-12-19(24)22-21-18(23)10-7-15-5-8-16(20)9-6-15/h3-11H,12H2,1-2H3,(H,21,23)(H,22,24)/b10-7+. The fourth-order valence-corrected chi connectivity index (χ4v) is 2.09. The van der Waals surface area contributed by atoms with Crippen molar-refractivity contribution in [3.63, 3.8) is 0 Å². The lowest BCUT2D eigenvalue weighted by Gasteiger charge is -2.10. The van der Waals surface area contributed by atoms with Crippen LogP contribution in [0, 0.1) is 13.8 Å². The van der Waals surface area contributed by atoms with Gasteiger partial charge in [0.2, 0.25) is 0 Å². The highest BCUT2D eigenvalue weighted by Gasteiger charge is 2.06. The number of rotatable bonds is 5. The number of halogens is 1. The molecule has 0 unspecified atom stereocenters. The first kappa shape index (κ1) is 18.5. The van der Waals surface area contributed by atoms with Crippen molar-refractivity contribution in [2.45, 2.75) is 13.8 Å². The first-order chi connectivity index (χ1) is 11.9. The molecule has 2 N–H and O–H groups in total. The van der Waals surface area contributed by atoms with E-state index in [2.05, 4.69) is 10.9 Å². The van der Waals surface area contributed by atoms with Crippen LogP contribution in [0.1, 0.15) is 16.7 Å². The Balaban J connectivity index is 1.76. The number of nitrogens with one attached hydrogen (secondary N) is 2. The number of hydrogen-bond donors (Lipinski definition) is 2. The van der Waals surface area contributed by atoms with Crippen LogP contribution in [-0.4, -0.2) is 18.4 Å². The maximum absolute atomic E-state index is 11.7. The van der Waals surface area contributed by atoms with Crippen molar-refractivity contribution in [3.05, 3.63) is 70.3 Å². The molecule has 0 aliphatic rings. The largest absolute Gasteiger partial charge is 0.483 e. The fraction of sp³-hybridized carbons (Fsp3) is 0.158. The van der Waals surface area contributed by atoms with Crippen molar-refractivity contribution < 1.29 is 14.3 Å². The molecule has 0 bridgehead atoms. The van der Waals surface area contributed by atoms with Gasteiger partial charge in [-0.1, -0.05) is 35.9 Å². The van der Waals surface area contributed by atoms with E-state index in [0.29, 0.717) is 10.8 Å². The van der Waals surface area contributed by atoms with Crippen LogP contribution in [0.15, 0.2) is 48.5 Å². The normalized spacial score (nSPS) is 10.5. The van der Waals surface area contributed by atoms with Gasteiger partial charge in [-0.2, -0.15) is 0 Å². The van der Waals surface area contributed by atoms with Crippen LogP contribution in [0.25, 0.3) is 6.08 Å². The van der Waals surface area contributed by atoms with Gasteiger partial charge in [0.1, 0.15) is 5.75 Å². The maximum Gasteiger partial charge on any atom is 0.276 e. The molecule has 5 nitrogen and oxygen atoms in total. The van der Waals surface area contributed by atoms with Crippen LogP contribution < -0.4 is 15.6 Å². The van der Waals surface area contributed by atoms with Gasteiger partial charge in [-0.25, -0.2) is 0 Å². The number of amides is 2. The molecule has 0 aromatic heterocycles. The molecule has 2 rings (SSSR count). The predicted molar refractivity (Wildman–Crippen MR) is 98.2 cm³/mol. The molecule has 2 aromatic rings. The molecule has 0 atom stereocenters. The molecule has 0 aliphatic carbocycles. The van der Waals surface area contributed by atoms with E-state index in [9.17, 15) is 9.59 Å².